The van der Waals surface area contributed by atoms with Gasteiger partial charge in [0.05, 0.1) is 23.5 Å². The quantitative estimate of drug-likeness (QED) is 0.820. The fourth-order valence-corrected chi connectivity index (χ4v) is 7.08. The second-order valence-corrected chi connectivity index (χ2v) is 10.3. The highest BCUT2D eigenvalue weighted by atomic mass is 16.2. The van der Waals surface area contributed by atoms with Gasteiger partial charge in [0.25, 0.3) is 0 Å². The lowest BCUT2D eigenvalue weighted by Gasteiger charge is -2.36. The highest BCUT2D eigenvalue weighted by molar-refractivity contribution is 6.01. The van der Waals surface area contributed by atoms with Crippen LogP contribution in [0.15, 0.2) is 12.5 Å². The number of carbonyl (C=O) groups is 1. The molecule has 2 aromatic heterocycles. The van der Waals surface area contributed by atoms with E-state index in [0.717, 1.165) is 61.1 Å². The first-order valence-corrected chi connectivity index (χ1v) is 11.9. The third-order valence-corrected chi connectivity index (χ3v) is 8.40. The summed E-state index contributed by atoms with van der Waals surface area (Å²) in [5.41, 5.74) is 0.666. The van der Waals surface area contributed by atoms with Gasteiger partial charge in [0, 0.05) is 6.54 Å². The molecule has 5 aliphatic rings. The zero-order chi connectivity index (χ0) is 20.1. The van der Waals surface area contributed by atoms with Crippen LogP contribution >= 0.6 is 0 Å². The summed E-state index contributed by atoms with van der Waals surface area (Å²) in [6.07, 6.45) is 14.6. The van der Waals surface area contributed by atoms with Crippen LogP contribution in [-0.2, 0) is 11.3 Å². The van der Waals surface area contributed by atoms with E-state index in [2.05, 4.69) is 25.3 Å². The summed E-state index contributed by atoms with van der Waals surface area (Å²) in [5, 5.41) is 8.63. The number of hydrogen-bond acceptors (Lipinski definition) is 5. The molecule has 3 heterocycles. The van der Waals surface area contributed by atoms with Gasteiger partial charge in [-0.15, -0.1) is 0 Å². The van der Waals surface area contributed by atoms with Crippen molar-refractivity contribution in [1.29, 1.82) is 0 Å². The SMILES string of the molecule is O=C(Nc1ncnc2c1cnn2CCN1CCCCCC1)C12CC3CC(C1)C(C3)C2. The van der Waals surface area contributed by atoms with Crippen molar-refractivity contribution in [3.63, 3.8) is 0 Å². The molecule has 2 unspecified atom stereocenters. The highest BCUT2D eigenvalue weighted by Crippen LogP contribution is 2.64. The van der Waals surface area contributed by atoms with Crippen LogP contribution in [0.25, 0.3) is 11.0 Å². The van der Waals surface area contributed by atoms with Crippen molar-refractivity contribution in [3.05, 3.63) is 12.5 Å². The van der Waals surface area contributed by atoms with E-state index in [1.54, 1.807) is 6.33 Å². The van der Waals surface area contributed by atoms with Crippen molar-refractivity contribution in [2.75, 3.05) is 25.0 Å². The van der Waals surface area contributed by atoms with E-state index in [1.165, 1.54) is 51.6 Å². The van der Waals surface area contributed by atoms with Crippen LogP contribution in [0.4, 0.5) is 5.82 Å². The van der Waals surface area contributed by atoms with Gasteiger partial charge in [-0.25, -0.2) is 14.6 Å². The molecule has 1 amide bonds. The highest BCUT2D eigenvalue weighted by Gasteiger charge is 2.59. The molecule has 1 N–H and O–H groups in total. The van der Waals surface area contributed by atoms with E-state index in [4.69, 9.17) is 0 Å². The minimum absolute atomic E-state index is 0.156. The molecule has 7 rings (SSSR count). The fraction of sp³-hybridized carbons (Fsp3) is 0.739. The van der Waals surface area contributed by atoms with Gasteiger partial charge >= 0.3 is 0 Å². The Labute approximate surface area is 177 Å². The summed E-state index contributed by atoms with van der Waals surface area (Å²) in [7, 11) is 0. The van der Waals surface area contributed by atoms with E-state index in [9.17, 15) is 4.79 Å². The number of rotatable bonds is 5. The van der Waals surface area contributed by atoms with Crippen molar-refractivity contribution in [2.24, 2.45) is 23.2 Å². The van der Waals surface area contributed by atoms with E-state index < -0.39 is 0 Å². The maximum Gasteiger partial charge on any atom is 0.231 e. The van der Waals surface area contributed by atoms with Gasteiger partial charge in [0.1, 0.15) is 12.1 Å². The lowest BCUT2D eigenvalue weighted by atomic mass is 9.69. The first-order valence-electron chi connectivity index (χ1n) is 11.9. The second kappa shape index (κ2) is 7.29. The average molecular weight is 409 g/mol. The summed E-state index contributed by atoms with van der Waals surface area (Å²) in [6.45, 7) is 4.18. The minimum atomic E-state index is -0.156. The van der Waals surface area contributed by atoms with Crippen molar-refractivity contribution >= 4 is 22.8 Å². The molecule has 1 aliphatic heterocycles. The molecule has 4 bridgehead atoms. The van der Waals surface area contributed by atoms with Gasteiger partial charge in [-0.05, 0) is 75.8 Å². The van der Waals surface area contributed by atoms with Crippen LogP contribution in [0, 0.1) is 23.2 Å². The van der Waals surface area contributed by atoms with Crippen molar-refractivity contribution in [3.8, 4) is 0 Å². The molecule has 2 atom stereocenters. The lowest BCUT2D eigenvalue weighted by Crippen LogP contribution is -2.39. The van der Waals surface area contributed by atoms with Crippen LogP contribution in [0.2, 0.25) is 0 Å². The maximum absolute atomic E-state index is 13.3. The number of likely N-dealkylation sites (tertiary alicyclic amines) is 1. The van der Waals surface area contributed by atoms with E-state index in [-0.39, 0.29) is 11.3 Å². The van der Waals surface area contributed by atoms with Crippen molar-refractivity contribution in [1.82, 2.24) is 24.6 Å². The third kappa shape index (κ3) is 3.13. The Kier molecular flexibility index (Phi) is 4.55. The number of anilines is 1. The number of nitrogens with zero attached hydrogens (tertiary/aromatic N) is 5. The van der Waals surface area contributed by atoms with E-state index in [0.29, 0.717) is 5.82 Å². The van der Waals surface area contributed by atoms with E-state index in [1.807, 2.05) is 10.9 Å². The zero-order valence-electron chi connectivity index (χ0n) is 17.7. The Bertz CT molecular complexity index is 927. The molecule has 4 saturated carbocycles. The van der Waals surface area contributed by atoms with Gasteiger partial charge < -0.3 is 10.2 Å². The molecule has 7 heteroatoms. The predicted molar refractivity (Wildman–Crippen MR) is 115 cm³/mol. The Morgan fingerprint density at radius 3 is 2.53 bits per heavy atom. The predicted octanol–water partition coefficient (Wildman–Crippen LogP) is 3.47. The second-order valence-electron chi connectivity index (χ2n) is 10.3. The third-order valence-electron chi connectivity index (χ3n) is 8.40. The number of amides is 1. The molecular weight excluding hydrogens is 376 g/mol. The lowest BCUT2D eigenvalue weighted by molar-refractivity contribution is -0.128. The van der Waals surface area contributed by atoms with Gasteiger partial charge in [-0.3, -0.25) is 4.79 Å². The summed E-state index contributed by atoms with van der Waals surface area (Å²) < 4.78 is 1.97. The molecule has 2 aromatic rings. The number of fused-ring (bicyclic) bond motifs is 1. The molecule has 7 nitrogen and oxygen atoms in total. The largest absolute Gasteiger partial charge is 0.309 e. The smallest absolute Gasteiger partial charge is 0.231 e. The van der Waals surface area contributed by atoms with Crippen molar-refractivity contribution in [2.45, 2.75) is 64.3 Å². The number of hydrogen-bond donors (Lipinski definition) is 1. The number of carbonyl (C=O) groups excluding carboxylic acids is 1. The van der Waals surface area contributed by atoms with Gasteiger partial charge in [-0.2, -0.15) is 5.10 Å². The Morgan fingerprint density at radius 2 is 1.80 bits per heavy atom. The summed E-state index contributed by atoms with van der Waals surface area (Å²) >= 11 is 0. The van der Waals surface area contributed by atoms with Crippen LogP contribution in [0.3, 0.4) is 0 Å². The van der Waals surface area contributed by atoms with Gasteiger partial charge in [0.15, 0.2) is 5.65 Å². The summed E-state index contributed by atoms with van der Waals surface area (Å²) in [4.78, 5) is 24.8. The minimum Gasteiger partial charge on any atom is -0.309 e. The van der Waals surface area contributed by atoms with Crippen LogP contribution in [-0.4, -0.2) is 50.2 Å². The zero-order valence-corrected chi connectivity index (χ0v) is 17.7. The molecule has 0 spiro atoms. The molecular formula is C23H32N6O. The molecule has 0 radical (unpaired) electrons. The van der Waals surface area contributed by atoms with Gasteiger partial charge in [-0.1, -0.05) is 12.8 Å². The van der Waals surface area contributed by atoms with Crippen LogP contribution in [0.1, 0.15) is 57.8 Å². The molecule has 30 heavy (non-hydrogen) atoms. The number of nitrogens with one attached hydrogen (secondary N) is 1. The van der Waals surface area contributed by atoms with Gasteiger partial charge in [0.2, 0.25) is 5.91 Å². The Balaban J connectivity index is 1.18. The maximum atomic E-state index is 13.3. The summed E-state index contributed by atoms with van der Waals surface area (Å²) in [5.74, 6) is 3.13. The van der Waals surface area contributed by atoms with Crippen LogP contribution in [0.5, 0.6) is 0 Å². The van der Waals surface area contributed by atoms with Crippen molar-refractivity contribution < 1.29 is 4.79 Å². The summed E-state index contributed by atoms with van der Waals surface area (Å²) in [6, 6.07) is 0. The van der Waals surface area contributed by atoms with E-state index >= 15 is 0 Å². The first kappa shape index (κ1) is 18.7. The number of aromatic nitrogens is 4. The molecule has 5 fully saturated rings. The van der Waals surface area contributed by atoms with Crippen LogP contribution < -0.4 is 5.32 Å². The Morgan fingerprint density at radius 1 is 1.03 bits per heavy atom. The molecule has 160 valence electrons. The molecule has 0 aromatic carbocycles. The average Bonchev–Trinajstić information content (AvgIpc) is 3.26. The molecule has 4 aliphatic carbocycles. The standard InChI is InChI=1S/C23H32N6O/c30-22(23-11-16-9-17(12-23)18(10-16)13-23)27-20-19-14-26-29(21(19)25-15-24-20)8-7-28-5-3-1-2-4-6-28/h14-18H,1-13H2,(H,24,25,27,30). The fourth-order valence-electron chi connectivity index (χ4n) is 7.08. The Hall–Kier alpha value is -2.02. The monoisotopic (exact) mass is 408 g/mol. The topological polar surface area (TPSA) is 75.9 Å². The normalized spacial score (nSPS) is 33.3. The molecule has 1 saturated heterocycles. The first-order chi connectivity index (χ1) is 14.7.